The predicted molar refractivity (Wildman–Crippen MR) is 60.9 cm³/mol. The molecule has 0 saturated carbocycles. The summed E-state index contributed by atoms with van der Waals surface area (Å²) < 4.78 is 38.6. The average molecular weight is 257 g/mol. The van der Waals surface area contributed by atoms with E-state index >= 15 is 0 Å². The van der Waals surface area contributed by atoms with Gasteiger partial charge in [0.15, 0.2) is 0 Å². The van der Waals surface area contributed by atoms with E-state index in [2.05, 4.69) is 0 Å². The third-order valence-electron chi connectivity index (χ3n) is 3.42. The average Bonchev–Trinajstić information content (AvgIpc) is 2.74. The van der Waals surface area contributed by atoms with Crippen molar-refractivity contribution >= 4 is 6.29 Å². The highest BCUT2D eigenvalue weighted by molar-refractivity contribution is 5.62. The first kappa shape index (κ1) is 13.1. The van der Waals surface area contributed by atoms with Crippen LogP contribution >= 0.6 is 0 Å². The lowest BCUT2D eigenvalue weighted by Crippen LogP contribution is -2.41. The molecule has 1 aliphatic rings. The number of carbonyl (C=O) groups is 1. The van der Waals surface area contributed by atoms with Gasteiger partial charge in [0, 0.05) is 13.1 Å². The van der Waals surface area contributed by atoms with Crippen molar-refractivity contribution in [2.45, 2.75) is 19.1 Å². The maximum absolute atomic E-state index is 12.9. The molecule has 1 unspecified atom stereocenters. The molecule has 2 rings (SSSR count). The van der Waals surface area contributed by atoms with Crippen LogP contribution in [0.25, 0.3) is 0 Å². The van der Waals surface area contributed by atoms with Crippen LogP contribution in [-0.2, 0) is 11.3 Å². The van der Waals surface area contributed by atoms with Gasteiger partial charge < -0.3 is 4.79 Å². The molecular formula is C13H14F3NO. The van der Waals surface area contributed by atoms with Crippen molar-refractivity contribution in [3.05, 3.63) is 35.9 Å². The standard InChI is InChI=1S/C13H14F3NO/c14-13(15,16)12(10-18)6-7-17(9-12)8-11-4-2-1-3-5-11/h1-5,10H,6-9H2. The maximum atomic E-state index is 12.9. The molecule has 0 N–H and O–H groups in total. The quantitative estimate of drug-likeness (QED) is 0.776. The lowest BCUT2D eigenvalue weighted by atomic mass is 9.88. The second-order valence-corrected chi connectivity index (χ2v) is 4.72. The molecule has 0 bridgehead atoms. The Morgan fingerprint density at radius 1 is 1.28 bits per heavy atom. The second kappa shape index (κ2) is 4.72. The Bertz CT molecular complexity index is 418. The topological polar surface area (TPSA) is 20.3 Å². The molecule has 1 fully saturated rings. The fourth-order valence-electron chi connectivity index (χ4n) is 2.29. The zero-order valence-corrected chi connectivity index (χ0v) is 9.78. The Balaban J connectivity index is 2.06. The Labute approximate surface area is 103 Å². The minimum atomic E-state index is -4.46. The first-order valence-electron chi connectivity index (χ1n) is 5.76. The van der Waals surface area contributed by atoms with Gasteiger partial charge in [-0.15, -0.1) is 0 Å². The first-order valence-corrected chi connectivity index (χ1v) is 5.76. The molecule has 1 aromatic carbocycles. The van der Waals surface area contributed by atoms with Crippen LogP contribution in [0, 0.1) is 5.41 Å². The molecule has 1 atom stereocenters. The van der Waals surface area contributed by atoms with Gasteiger partial charge in [0.05, 0.1) is 0 Å². The van der Waals surface area contributed by atoms with Crippen molar-refractivity contribution in [3.63, 3.8) is 0 Å². The smallest absolute Gasteiger partial charge is 0.302 e. The molecule has 0 radical (unpaired) electrons. The number of likely N-dealkylation sites (tertiary alicyclic amines) is 1. The zero-order valence-electron chi connectivity index (χ0n) is 9.78. The van der Waals surface area contributed by atoms with Gasteiger partial charge in [-0.25, -0.2) is 0 Å². The number of aldehydes is 1. The first-order chi connectivity index (χ1) is 8.47. The Kier molecular flexibility index (Phi) is 3.43. The molecule has 0 aromatic heterocycles. The van der Waals surface area contributed by atoms with E-state index in [9.17, 15) is 18.0 Å². The van der Waals surface area contributed by atoms with Gasteiger partial charge in [0.1, 0.15) is 11.7 Å². The highest BCUT2D eigenvalue weighted by Gasteiger charge is 2.58. The molecule has 5 heteroatoms. The van der Waals surface area contributed by atoms with Crippen LogP contribution in [0.3, 0.4) is 0 Å². The van der Waals surface area contributed by atoms with Crippen LogP contribution in [0.5, 0.6) is 0 Å². The number of alkyl halides is 3. The van der Waals surface area contributed by atoms with Crippen molar-refractivity contribution in [2.75, 3.05) is 13.1 Å². The van der Waals surface area contributed by atoms with Crippen molar-refractivity contribution in [2.24, 2.45) is 5.41 Å². The van der Waals surface area contributed by atoms with Crippen molar-refractivity contribution in [1.82, 2.24) is 4.90 Å². The Hall–Kier alpha value is -1.36. The van der Waals surface area contributed by atoms with Gasteiger partial charge >= 0.3 is 6.18 Å². The molecule has 2 nitrogen and oxygen atoms in total. The summed E-state index contributed by atoms with van der Waals surface area (Å²) in [6.45, 7) is 0.508. The molecule has 0 amide bonds. The molecule has 98 valence electrons. The van der Waals surface area contributed by atoms with Crippen LogP contribution in [0.1, 0.15) is 12.0 Å². The van der Waals surface area contributed by atoms with E-state index in [4.69, 9.17) is 0 Å². The molecule has 1 heterocycles. The number of benzene rings is 1. The summed E-state index contributed by atoms with van der Waals surface area (Å²) in [5.74, 6) is 0. The van der Waals surface area contributed by atoms with Crippen LogP contribution in [0.4, 0.5) is 13.2 Å². The number of hydrogen-bond acceptors (Lipinski definition) is 2. The van der Waals surface area contributed by atoms with Crippen LogP contribution < -0.4 is 0 Å². The van der Waals surface area contributed by atoms with Gasteiger partial charge in [-0.05, 0) is 18.5 Å². The van der Waals surface area contributed by atoms with Crippen LogP contribution in [0.2, 0.25) is 0 Å². The van der Waals surface area contributed by atoms with Crippen LogP contribution in [-0.4, -0.2) is 30.5 Å². The van der Waals surface area contributed by atoms with E-state index in [-0.39, 0.29) is 19.3 Å². The monoisotopic (exact) mass is 257 g/mol. The fraction of sp³-hybridized carbons (Fsp3) is 0.462. The van der Waals surface area contributed by atoms with Crippen molar-refractivity contribution < 1.29 is 18.0 Å². The third-order valence-corrected chi connectivity index (χ3v) is 3.42. The van der Waals surface area contributed by atoms with Crippen molar-refractivity contribution in [1.29, 1.82) is 0 Å². The van der Waals surface area contributed by atoms with Crippen molar-refractivity contribution in [3.8, 4) is 0 Å². The highest BCUT2D eigenvalue weighted by atomic mass is 19.4. The zero-order chi connectivity index (χ0) is 13.2. The van der Waals surface area contributed by atoms with Gasteiger partial charge in [-0.3, -0.25) is 4.90 Å². The molecule has 1 saturated heterocycles. The summed E-state index contributed by atoms with van der Waals surface area (Å²) in [6.07, 6.45) is -4.54. The number of hydrogen-bond donors (Lipinski definition) is 0. The maximum Gasteiger partial charge on any atom is 0.402 e. The number of nitrogens with zero attached hydrogens (tertiary/aromatic N) is 1. The minimum Gasteiger partial charge on any atom is -0.302 e. The molecule has 18 heavy (non-hydrogen) atoms. The summed E-state index contributed by atoms with van der Waals surface area (Å²) in [7, 11) is 0. The molecular weight excluding hydrogens is 243 g/mol. The SMILES string of the molecule is O=CC1(C(F)(F)F)CCN(Cc2ccccc2)C1. The summed E-state index contributed by atoms with van der Waals surface area (Å²) in [4.78, 5) is 12.5. The van der Waals surface area contributed by atoms with Gasteiger partial charge in [-0.1, -0.05) is 30.3 Å². The third kappa shape index (κ3) is 2.41. The lowest BCUT2D eigenvalue weighted by Gasteiger charge is -2.26. The summed E-state index contributed by atoms with van der Waals surface area (Å²) >= 11 is 0. The summed E-state index contributed by atoms with van der Waals surface area (Å²) in [5, 5.41) is 0. The molecule has 0 aliphatic carbocycles. The highest BCUT2D eigenvalue weighted by Crippen LogP contribution is 2.44. The fourth-order valence-corrected chi connectivity index (χ4v) is 2.29. The van der Waals surface area contributed by atoms with Gasteiger partial charge in [0.25, 0.3) is 0 Å². The van der Waals surface area contributed by atoms with Gasteiger partial charge in [0.2, 0.25) is 0 Å². The lowest BCUT2D eigenvalue weighted by molar-refractivity contribution is -0.210. The van der Waals surface area contributed by atoms with E-state index in [1.807, 2.05) is 30.3 Å². The molecule has 1 aliphatic heterocycles. The normalized spacial score (nSPS) is 25.3. The molecule has 0 spiro atoms. The van der Waals surface area contributed by atoms with E-state index in [1.54, 1.807) is 4.90 Å². The number of rotatable bonds is 3. The van der Waals surface area contributed by atoms with E-state index in [0.29, 0.717) is 13.1 Å². The van der Waals surface area contributed by atoms with E-state index < -0.39 is 11.6 Å². The largest absolute Gasteiger partial charge is 0.402 e. The van der Waals surface area contributed by atoms with Crippen LogP contribution in [0.15, 0.2) is 30.3 Å². The number of halogens is 3. The number of carbonyl (C=O) groups excluding carboxylic acids is 1. The Morgan fingerprint density at radius 2 is 1.94 bits per heavy atom. The Morgan fingerprint density at radius 3 is 2.44 bits per heavy atom. The van der Waals surface area contributed by atoms with Gasteiger partial charge in [-0.2, -0.15) is 13.2 Å². The summed E-state index contributed by atoms with van der Waals surface area (Å²) in [6, 6.07) is 9.30. The van der Waals surface area contributed by atoms with E-state index in [0.717, 1.165) is 5.56 Å². The second-order valence-electron chi connectivity index (χ2n) is 4.72. The van der Waals surface area contributed by atoms with E-state index in [1.165, 1.54) is 0 Å². The predicted octanol–water partition coefficient (Wildman–Crippen LogP) is 2.64. The summed E-state index contributed by atoms with van der Waals surface area (Å²) in [5.41, 5.74) is -1.22. The molecule has 1 aromatic rings. The minimum absolute atomic E-state index is 0.0675.